The number of nitrogens with one attached hydrogen (secondary N) is 1. The number of nitrogens with zero attached hydrogens (tertiary/aromatic N) is 3. The average Bonchev–Trinajstić information content (AvgIpc) is 2.88. The summed E-state index contributed by atoms with van der Waals surface area (Å²) in [5, 5.41) is 3.29. The highest BCUT2D eigenvalue weighted by Crippen LogP contribution is 2.44. The number of sulfonamides is 1. The van der Waals surface area contributed by atoms with Gasteiger partial charge in [0.25, 0.3) is 10.0 Å². The lowest BCUT2D eigenvalue weighted by Crippen LogP contribution is -2.34. The first-order valence-corrected chi connectivity index (χ1v) is 13.9. The van der Waals surface area contributed by atoms with Gasteiger partial charge >= 0.3 is 0 Å². The molecular weight excluding hydrogens is 535 g/mol. The third-order valence-electron chi connectivity index (χ3n) is 5.74. The Hall–Kier alpha value is -3.47. The Morgan fingerprint density at radius 3 is 2.65 bits per heavy atom. The van der Waals surface area contributed by atoms with Crippen LogP contribution in [-0.4, -0.2) is 30.0 Å². The first-order chi connectivity index (χ1) is 17.7. The molecule has 0 radical (unpaired) electrons. The van der Waals surface area contributed by atoms with Crippen LogP contribution in [0, 0.1) is 12.7 Å². The highest BCUT2D eigenvalue weighted by molar-refractivity contribution is 7.99. The fraction of sp³-hybridized carbons (Fsp3) is 0.115. The SMILES string of the molecule is Cc1ccc(NC(=O)CSc2ncc3c(n2)-c2cc(Cl)ccc2N(Cc2ccccc2)S3(=O)=O)cc1F. The number of hydrogen-bond donors (Lipinski definition) is 1. The Bertz CT molecular complexity index is 1620. The van der Waals surface area contributed by atoms with Gasteiger partial charge in [-0.05, 0) is 48.4 Å². The highest BCUT2D eigenvalue weighted by atomic mass is 35.5. The Labute approximate surface area is 222 Å². The number of fused-ring (bicyclic) bond motifs is 3. The van der Waals surface area contributed by atoms with Crippen LogP contribution in [0.25, 0.3) is 11.3 Å². The molecule has 0 saturated heterocycles. The van der Waals surface area contributed by atoms with Crippen LogP contribution in [0.1, 0.15) is 11.1 Å². The summed E-state index contributed by atoms with van der Waals surface area (Å²) in [4.78, 5) is 21.1. The maximum atomic E-state index is 13.8. The first kappa shape index (κ1) is 25.2. The monoisotopic (exact) mass is 554 g/mol. The quantitative estimate of drug-likeness (QED) is 0.243. The molecule has 0 saturated carbocycles. The smallest absolute Gasteiger partial charge is 0.268 e. The van der Waals surface area contributed by atoms with Crippen LogP contribution < -0.4 is 9.62 Å². The summed E-state index contributed by atoms with van der Waals surface area (Å²) in [6, 6.07) is 18.7. The van der Waals surface area contributed by atoms with Crippen LogP contribution in [0.15, 0.2) is 83.0 Å². The lowest BCUT2D eigenvalue weighted by molar-refractivity contribution is -0.113. The maximum Gasteiger partial charge on any atom is 0.268 e. The fourth-order valence-corrected chi connectivity index (χ4v) is 6.23. The molecule has 188 valence electrons. The van der Waals surface area contributed by atoms with E-state index in [2.05, 4.69) is 15.3 Å². The zero-order valence-corrected chi connectivity index (χ0v) is 21.9. The van der Waals surface area contributed by atoms with E-state index in [1.165, 1.54) is 16.6 Å². The third-order valence-corrected chi connectivity index (χ3v) is 8.60. The standard InChI is InChI=1S/C26H20ClFN4O3S2/c1-16-7-9-19(12-21(16)28)30-24(33)15-36-26-29-13-23-25(31-26)20-11-18(27)8-10-22(20)32(37(23,34)35)14-17-5-3-2-4-6-17/h2-13H,14-15H2,1H3,(H,30,33). The van der Waals surface area contributed by atoms with Crippen molar-refractivity contribution in [3.05, 3.63) is 94.9 Å². The first-order valence-electron chi connectivity index (χ1n) is 11.1. The van der Waals surface area contributed by atoms with Gasteiger partial charge in [-0.3, -0.25) is 9.10 Å². The number of hydrogen-bond acceptors (Lipinski definition) is 6. The lowest BCUT2D eigenvalue weighted by Gasteiger charge is -2.31. The second-order valence-corrected chi connectivity index (χ2v) is 11.5. The molecule has 0 aliphatic carbocycles. The Morgan fingerprint density at radius 2 is 1.89 bits per heavy atom. The molecule has 0 atom stereocenters. The van der Waals surface area contributed by atoms with Crippen molar-refractivity contribution in [2.24, 2.45) is 0 Å². The van der Waals surface area contributed by atoms with Gasteiger partial charge in [0.15, 0.2) is 5.16 Å². The van der Waals surface area contributed by atoms with E-state index in [1.54, 1.807) is 37.3 Å². The molecule has 5 rings (SSSR count). The zero-order chi connectivity index (χ0) is 26.2. The van der Waals surface area contributed by atoms with Crippen LogP contribution >= 0.6 is 23.4 Å². The van der Waals surface area contributed by atoms with Crippen LogP contribution in [0.3, 0.4) is 0 Å². The van der Waals surface area contributed by atoms with Gasteiger partial charge in [0.05, 0.1) is 29.9 Å². The molecule has 1 aromatic heterocycles. The molecule has 7 nitrogen and oxygen atoms in total. The predicted molar refractivity (Wildman–Crippen MR) is 143 cm³/mol. The summed E-state index contributed by atoms with van der Waals surface area (Å²) in [5.41, 5.74) is 2.87. The minimum absolute atomic E-state index is 0.0397. The molecule has 0 spiro atoms. The van der Waals surface area contributed by atoms with E-state index in [0.717, 1.165) is 17.3 Å². The molecule has 0 bridgehead atoms. The van der Waals surface area contributed by atoms with E-state index in [-0.39, 0.29) is 34.0 Å². The Kier molecular flexibility index (Phi) is 6.89. The number of benzene rings is 3. The van der Waals surface area contributed by atoms with Gasteiger partial charge < -0.3 is 5.32 Å². The number of carbonyl (C=O) groups excluding carboxylic acids is 1. The molecule has 1 aliphatic rings. The molecule has 3 aromatic carbocycles. The van der Waals surface area contributed by atoms with Crippen molar-refractivity contribution in [1.82, 2.24) is 9.97 Å². The highest BCUT2D eigenvalue weighted by Gasteiger charge is 2.37. The topological polar surface area (TPSA) is 92.3 Å². The second-order valence-electron chi connectivity index (χ2n) is 8.32. The van der Waals surface area contributed by atoms with Crippen molar-refractivity contribution in [3.63, 3.8) is 0 Å². The molecule has 4 aromatic rings. The van der Waals surface area contributed by atoms with Gasteiger partial charge in [-0.25, -0.2) is 22.8 Å². The summed E-state index contributed by atoms with van der Waals surface area (Å²) in [5.74, 6) is -0.841. The maximum absolute atomic E-state index is 13.8. The molecule has 11 heteroatoms. The van der Waals surface area contributed by atoms with Gasteiger partial charge in [-0.2, -0.15) is 0 Å². The van der Waals surface area contributed by atoms with Gasteiger partial charge in [-0.15, -0.1) is 0 Å². The van der Waals surface area contributed by atoms with Crippen molar-refractivity contribution >= 4 is 50.7 Å². The molecule has 37 heavy (non-hydrogen) atoms. The average molecular weight is 555 g/mol. The lowest BCUT2D eigenvalue weighted by atomic mass is 10.1. The number of aromatic nitrogens is 2. The van der Waals surface area contributed by atoms with Crippen LogP contribution in [0.2, 0.25) is 5.02 Å². The molecule has 1 aliphatic heterocycles. The number of carbonyl (C=O) groups is 1. The molecule has 0 unspecified atom stereocenters. The molecule has 1 N–H and O–H groups in total. The van der Waals surface area contributed by atoms with Crippen LogP contribution in [0.5, 0.6) is 0 Å². The fourth-order valence-electron chi connectivity index (χ4n) is 3.89. The summed E-state index contributed by atoms with van der Waals surface area (Å²) >= 11 is 7.31. The van der Waals surface area contributed by atoms with E-state index in [1.807, 2.05) is 30.3 Å². The van der Waals surface area contributed by atoms with Gasteiger partial charge in [0.1, 0.15) is 10.7 Å². The van der Waals surface area contributed by atoms with Crippen molar-refractivity contribution in [1.29, 1.82) is 0 Å². The molecular formula is C26H20ClFN4O3S2. The number of halogens is 2. The van der Waals surface area contributed by atoms with Gasteiger partial charge in [0.2, 0.25) is 5.91 Å². The van der Waals surface area contributed by atoms with Crippen LogP contribution in [-0.2, 0) is 21.4 Å². The number of rotatable bonds is 6. The molecule has 0 fully saturated rings. The normalized spacial score (nSPS) is 13.5. The number of amides is 1. The molecule has 2 heterocycles. The third kappa shape index (κ3) is 5.18. The van der Waals surface area contributed by atoms with E-state index in [0.29, 0.717) is 27.5 Å². The Morgan fingerprint density at radius 1 is 1.11 bits per heavy atom. The summed E-state index contributed by atoms with van der Waals surface area (Å²) in [6.45, 7) is 1.77. The van der Waals surface area contributed by atoms with Crippen molar-refractivity contribution in [2.45, 2.75) is 23.5 Å². The van der Waals surface area contributed by atoms with Crippen molar-refractivity contribution in [3.8, 4) is 11.3 Å². The minimum Gasteiger partial charge on any atom is -0.325 e. The van der Waals surface area contributed by atoms with Crippen LogP contribution in [0.4, 0.5) is 15.8 Å². The summed E-state index contributed by atoms with van der Waals surface area (Å²) in [6.07, 6.45) is 1.26. The second kappa shape index (κ2) is 10.1. The Balaban J connectivity index is 1.42. The summed E-state index contributed by atoms with van der Waals surface area (Å²) in [7, 11) is -3.96. The number of thioether (sulfide) groups is 1. The van der Waals surface area contributed by atoms with E-state index in [4.69, 9.17) is 11.6 Å². The van der Waals surface area contributed by atoms with E-state index in [9.17, 15) is 17.6 Å². The zero-order valence-electron chi connectivity index (χ0n) is 19.5. The number of aryl methyl sites for hydroxylation is 1. The van der Waals surface area contributed by atoms with E-state index >= 15 is 0 Å². The predicted octanol–water partition coefficient (Wildman–Crippen LogP) is 5.68. The van der Waals surface area contributed by atoms with Gasteiger partial charge in [0, 0.05) is 16.3 Å². The largest absolute Gasteiger partial charge is 0.325 e. The van der Waals surface area contributed by atoms with E-state index < -0.39 is 15.8 Å². The summed E-state index contributed by atoms with van der Waals surface area (Å²) < 4.78 is 42.3. The van der Waals surface area contributed by atoms with Gasteiger partial charge in [-0.1, -0.05) is 59.8 Å². The van der Waals surface area contributed by atoms with Crippen molar-refractivity contribution in [2.75, 3.05) is 15.4 Å². The van der Waals surface area contributed by atoms with Crippen molar-refractivity contribution < 1.29 is 17.6 Å². The number of anilines is 2. The minimum atomic E-state index is -3.96. The molecule has 1 amide bonds.